The third-order valence-electron chi connectivity index (χ3n) is 6.55. The van der Waals surface area contributed by atoms with E-state index in [1.807, 2.05) is 57.2 Å². The fourth-order valence-electron chi connectivity index (χ4n) is 4.76. The Balaban J connectivity index is 1.95. The van der Waals surface area contributed by atoms with Crippen LogP contribution in [0.2, 0.25) is 0 Å². The first kappa shape index (κ1) is 27.2. The van der Waals surface area contributed by atoms with Gasteiger partial charge in [-0.15, -0.1) is 0 Å². The minimum atomic E-state index is -1.37. The smallest absolute Gasteiger partial charge is 0.303 e. The molecule has 5 atom stereocenters. The lowest BCUT2D eigenvalue weighted by atomic mass is 9.81. The van der Waals surface area contributed by atoms with E-state index < -0.39 is 29.9 Å². The summed E-state index contributed by atoms with van der Waals surface area (Å²) in [4.78, 5) is 36.0. The van der Waals surface area contributed by atoms with Gasteiger partial charge in [0.2, 0.25) is 11.9 Å². The maximum absolute atomic E-state index is 12.1. The van der Waals surface area contributed by atoms with Gasteiger partial charge in [0.05, 0.1) is 6.10 Å². The minimum absolute atomic E-state index is 0.158. The minimum Gasteiger partial charge on any atom is -0.460 e. The highest BCUT2D eigenvalue weighted by Crippen LogP contribution is 2.41. The van der Waals surface area contributed by atoms with Crippen LogP contribution in [-0.2, 0) is 23.8 Å². The molecule has 1 heterocycles. The van der Waals surface area contributed by atoms with Crippen LogP contribution in [0.5, 0.6) is 5.75 Å². The molecular formula is C28H35NO7. The predicted octanol–water partition coefficient (Wildman–Crippen LogP) is 4.42. The quantitative estimate of drug-likeness (QED) is 0.565. The molecule has 0 spiro atoms. The van der Waals surface area contributed by atoms with E-state index in [9.17, 15) is 14.4 Å². The van der Waals surface area contributed by atoms with E-state index in [2.05, 4.69) is 5.32 Å². The van der Waals surface area contributed by atoms with Gasteiger partial charge in [-0.1, -0.05) is 32.0 Å². The lowest BCUT2D eigenvalue weighted by Gasteiger charge is -2.50. The predicted molar refractivity (Wildman–Crippen MR) is 134 cm³/mol. The molecule has 8 heteroatoms. The number of amides is 1. The molecule has 1 aliphatic heterocycles. The highest BCUT2D eigenvalue weighted by Gasteiger charge is 2.57. The number of esters is 2. The van der Waals surface area contributed by atoms with Crippen molar-refractivity contribution in [1.82, 2.24) is 5.32 Å². The summed E-state index contributed by atoms with van der Waals surface area (Å²) >= 11 is 0. The first-order valence-corrected chi connectivity index (χ1v) is 12.1. The zero-order valence-electron chi connectivity index (χ0n) is 21.9. The van der Waals surface area contributed by atoms with Gasteiger partial charge in [0.1, 0.15) is 5.75 Å². The summed E-state index contributed by atoms with van der Waals surface area (Å²) in [7, 11) is 1.60. The molecule has 0 unspecified atom stereocenters. The van der Waals surface area contributed by atoms with E-state index in [4.69, 9.17) is 18.9 Å². The van der Waals surface area contributed by atoms with Crippen molar-refractivity contribution in [1.29, 1.82) is 0 Å². The monoisotopic (exact) mass is 497 g/mol. The Morgan fingerprint density at radius 2 is 1.75 bits per heavy atom. The molecule has 0 bridgehead atoms. The molecule has 3 rings (SSSR count). The zero-order chi connectivity index (χ0) is 26.6. The van der Waals surface area contributed by atoms with Crippen molar-refractivity contribution in [2.24, 2.45) is 5.92 Å². The Bertz CT molecular complexity index is 1130. The molecule has 0 aromatic heterocycles. The molecule has 0 radical (unpaired) electrons. The summed E-state index contributed by atoms with van der Waals surface area (Å²) in [5.41, 5.74) is 1.82. The first-order chi connectivity index (χ1) is 17.0. The number of carbonyl (C=O) groups excluding carboxylic acids is 3. The molecule has 2 aromatic carbocycles. The highest BCUT2D eigenvalue weighted by atomic mass is 16.7. The van der Waals surface area contributed by atoms with Gasteiger partial charge in [0, 0.05) is 32.4 Å². The molecule has 1 saturated heterocycles. The summed E-state index contributed by atoms with van der Waals surface area (Å²) in [5.74, 6) is -0.846. The van der Waals surface area contributed by atoms with Crippen LogP contribution in [0.1, 0.15) is 57.0 Å². The van der Waals surface area contributed by atoms with Gasteiger partial charge < -0.3 is 24.3 Å². The first-order valence-electron chi connectivity index (χ1n) is 12.1. The van der Waals surface area contributed by atoms with E-state index in [0.717, 1.165) is 16.7 Å². The van der Waals surface area contributed by atoms with Gasteiger partial charge in [0.25, 0.3) is 5.91 Å². The van der Waals surface area contributed by atoms with Gasteiger partial charge >= 0.3 is 11.9 Å². The van der Waals surface area contributed by atoms with Crippen LogP contribution < -0.4 is 10.1 Å². The lowest BCUT2D eigenvalue weighted by molar-refractivity contribution is -0.304. The Morgan fingerprint density at radius 3 is 2.33 bits per heavy atom. The van der Waals surface area contributed by atoms with Crippen molar-refractivity contribution in [3.05, 3.63) is 53.6 Å². The van der Waals surface area contributed by atoms with E-state index in [1.54, 1.807) is 20.0 Å². The number of hydrogen-bond acceptors (Lipinski definition) is 7. The Hall–Kier alpha value is -3.39. The molecule has 194 valence electrons. The number of hydrogen-bond donors (Lipinski definition) is 1. The summed E-state index contributed by atoms with van der Waals surface area (Å²) in [6, 6.07) is 13.0. The third-order valence-corrected chi connectivity index (χ3v) is 6.55. The number of nitrogens with one attached hydrogen (secondary N) is 1. The molecule has 0 saturated carbocycles. The van der Waals surface area contributed by atoms with Crippen LogP contribution >= 0.6 is 0 Å². The van der Waals surface area contributed by atoms with Crippen LogP contribution in [0.15, 0.2) is 42.5 Å². The topological polar surface area (TPSA) is 100 Å². The maximum Gasteiger partial charge on any atom is 0.303 e. The van der Waals surface area contributed by atoms with E-state index in [0.29, 0.717) is 17.7 Å². The molecule has 8 nitrogen and oxygen atoms in total. The largest absolute Gasteiger partial charge is 0.460 e. The Morgan fingerprint density at radius 1 is 1.06 bits per heavy atom. The summed E-state index contributed by atoms with van der Waals surface area (Å²) in [6.45, 7) is 10.1. The number of carbonyl (C=O) groups is 3. The van der Waals surface area contributed by atoms with Crippen molar-refractivity contribution in [3.63, 3.8) is 0 Å². The molecule has 36 heavy (non-hydrogen) atoms. The molecule has 1 fully saturated rings. The summed E-state index contributed by atoms with van der Waals surface area (Å²) < 4.78 is 24.0. The molecular weight excluding hydrogens is 462 g/mol. The summed E-state index contributed by atoms with van der Waals surface area (Å²) in [5, 5.41) is 2.63. The van der Waals surface area contributed by atoms with Gasteiger partial charge in [-0.25, -0.2) is 0 Å². The SMILES string of the molecule is CC[C@H]1O[C@H](Oc2ccc(-c3cccc(C(=O)NC)c3)cc2C)[C@@](C)(OC(C)=O)[C@@H](OC(C)=O)[C@@H]1C. The van der Waals surface area contributed by atoms with Crippen LogP contribution in [-0.4, -0.2) is 49.0 Å². The fraction of sp³-hybridized carbons (Fsp3) is 0.464. The average Bonchev–Trinajstić information content (AvgIpc) is 2.83. The molecule has 1 amide bonds. The Kier molecular flexibility index (Phi) is 8.40. The molecule has 1 N–H and O–H groups in total. The highest BCUT2D eigenvalue weighted by molar-refractivity contribution is 5.95. The van der Waals surface area contributed by atoms with Gasteiger partial charge in [-0.2, -0.15) is 0 Å². The molecule has 2 aromatic rings. The van der Waals surface area contributed by atoms with Gasteiger partial charge in [-0.3, -0.25) is 14.4 Å². The van der Waals surface area contributed by atoms with Crippen molar-refractivity contribution in [3.8, 4) is 16.9 Å². The maximum atomic E-state index is 12.1. The lowest BCUT2D eigenvalue weighted by Crippen LogP contribution is -2.65. The number of aryl methyl sites for hydroxylation is 1. The van der Waals surface area contributed by atoms with E-state index >= 15 is 0 Å². The van der Waals surface area contributed by atoms with Crippen LogP contribution in [0.3, 0.4) is 0 Å². The van der Waals surface area contributed by atoms with Crippen LogP contribution in [0, 0.1) is 12.8 Å². The van der Waals surface area contributed by atoms with E-state index in [1.165, 1.54) is 13.8 Å². The number of rotatable bonds is 7. The average molecular weight is 498 g/mol. The second-order valence-corrected chi connectivity index (χ2v) is 9.34. The van der Waals surface area contributed by atoms with E-state index in [-0.39, 0.29) is 17.9 Å². The van der Waals surface area contributed by atoms with Crippen LogP contribution in [0.4, 0.5) is 0 Å². The standard InChI is InChI=1S/C28H35NO7/c1-8-23-17(3)25(33-18(4)30)28(6,36-19(5)31)27(34-23)35-24-13-12-21(14-16(24)2)20-10-9-11-22(15-20)26(32)29-7/h9-15,17,23,25,27H,8H2,1-7H3,(H,29,32)/t17-,23-,25+,27-,28+/m1/s1. The molecule has 0 aliphatic carbocycles. The third kappa shape index (κ3) is 5.70. The zero-order valence-corrected chi connectivity index (χ0v) is 21.9. The van der Waals surface area contributed by atoms with Crippen molar-refractivity contribution in [2.75, 3.05) is 7.05 Å². The number of ether oxygens (including phenoxy) is 4. The van der Waals surface area contributed by atoms with Crippen LogP contribution in [0.25, 0.3) is 11.1 Å². The fourth-order valence-corrected chi connectivity index (χ4v) is 4.76. The second kappa shape index (κ2) is 11.1. The normalized spacial score (nSPS) is 25.5. The second-order valence-electron chi connectivity index (χ2n) is 9.34. The molecule has 1 aliphatic rings. The Labute approximate surface area is 212 Å². The van der Waals surface area contributed by atoms with Crippen molar-refractivity contribution < 1.29 is 33.3 Å². The van der Waals surface area contributed by atoms with Crippen molar-refractivity contribution >= 4 is 17.8 Å². The number of benzene rings is 2. The van der Waals surface area contributed by atoms with Crippen molar-refractivity contribution in [2.45, 2.75) is 72.1 Å². The van der Waals surface area contributed by atoms with Gasteiger partial charge in [-0.05, 0) is 61.2 Å². The summed E-state index contributed by atoms with van der Waals surface area (Å²) in [6.07, 6.45) is -1.37. The van der Waals surface area contributed by atoms with Gasteiger partial charge in [0.15, 0.2) is 6.10 Å².